The normalized spacial score (nSPS) is 21.8. The summed E-state index contributed by atoms with van der Waals surface area (Å²) in [7, 11) is 0. The van der Waals surface area contributed by atoms with Gasteiger partial charge in [0.25, 0.3) is 6.43 Å². The molecule has 0 heterocycles. The van der Waals surface area contributed by atoms with Crippen LogP contribution in [0.2, 0.25) is 0 Å². The monoisotopic (exact) mass is 310 g/mol. The maximum absolute atomic E-state index is 12.1. The molecule has 0 saturated heterocycles. The number of carbonyl (C=O) groups is 1. The van der Waals surface area contributed by atoms with E-state index in [1.54, 1.807) is 0 Å². The van der Waals surface area contributed by atoms with Crippen molar-refractivity contribution < 1.29 is 18.3 Å². The van der Waals surface area contributed by atoms with Gasteiger partial charge < -0.3 is 4.74 Å². The number of rotatable bonds is 6. The van der Waals surface area contributed by atoms with Crippen LogP contribution in [0.4, 0.5) is 8.78 Å². The molecule has 1 aliphatic carbocycles. The number of halogens is 2. The molecule has 2 rings (SSSR count). The molecule has 1 saturated carbocycles. The molecule has 122 valence electrons. The van der Waals surface area contributed by atoms with Crippen LogP contribution in [-0.4, -0.2) is 19.0 Å². The minimum absolute atomic E-state index is 0.214. The summed E-state index contributed by atoms with van der Waals surface area (Å²) in [5.74, 6) is -0.207. The third-order valence-corrected chi connectivity index (χ3v) is 4.40. The van der Waals surface area contributed by atoms with Gasteiger partial charge in [-0.25, -0.2) is 8.78 Å². The fourth-order valence-corrected chi connectivity index (χ4v) is 3.17. The lowest BCUT2D eigenvalue weighted by Crippen LogP contribution is -2.24. The van der Waals surface area contributed by atoms with Crippen molar-refractivity contribution in [3.05, 3.63) is 35.4 Å². The number of ether oxygens (including phenoxy) is 1. The second-order valence-electron chi connectivity index (χ2n) is 6.06. The number of aryl methyl sites for hydroxylation is 1. The lowest BCUT2D eigenvalue weighted by Gasteiger charge is -2.27. The van der Waals surface area contributed by atoms with Crippen LogP contribution in [0, 0.1) is 5.92 Å². The second kappa shape index (κ2) is 8.25. The van der Waals surface area contributed by atoms with E-state index in [-0.39, 0.29) is 5.92 Å². The lowest BCUT2D eigenvalue weighted by atomic mass is 9.78. The summed E-state index contributed by atoms with van der Waals surface area (Å²) in [6.07, 6.45) is 2.95. The Morgan fingerprint density at radius 3 is 2.36 bits per heavy atom. The van der Waals surface area contributed by atoms with Crippen molar-refractivity contribution in [2.75, 3.05) is 6.61 Å². The molecule has 1 aliphatic rings. The first-order valence-corrected chi connectivity index (χ1v) is 8.13. The van der Waals surface area contributed by atoms with Gasteiger partial charge in [0, 0.05) is 0 Å². The Labute approximate surface area is 130 Å². The van der Waals surface area contributed by atoms with Gasteiger partial charge in [-0.05, 0) is 49.1 Å². The summed E-state index contributed by atoms with van der Waals surface area (Å²) in [5, 5.41) is 0. The van der Waals surface area contributed by atoms with E-state index < -0.39 is 19.0 Å². The summed E-state index contributed by atoms with van der Waals surface area (Å²) in [5.41, 5.74) is 2.68. The minimum atomic E-state index is -2.58. The second-order valence-corrected chi connectivity index (χ2v) is 6.06. The van der Waals surface area contributed by atoms with Crippen LogP contribution in [0.1, 0.15) is 56.1 Å². The van der Waals surface area contributed by atoms with Crippen molar-refractivity contribution in [1.82, 2.24) is 0 Å². The number of esters is 1. The lowest BCUT2D eigenvalue weighted by molar-refractivity contribution is -0.153. The first-order valence-electron chi connectivity index (χ1n) is 8.13. The smallest absolute Gasteiger partial charge is 0.309 e. The molecule has 0 amide bonds. The molecule has 4 heteroatoms. The molecule has 2 nitrogen and oxygen atoms in total. The predicted molar refractivity (Wildman–Crippen MR) is 82.1 cm³/mol. The van der Waals surface area contributed by atoms with Crippen molar-refractivity contribution in [2.45, 2.75) is 57.8 Å². The van der Waals surface area contributed by atoms with Crippen molar-refractivity contribution in [3.63, 3.8) is 0 Å². The van der Waals surface area contributed by atoms with E-state index in [1.807, 2.05) is 0 Å². The Bertz CT molecular complexity index is 462. The topological polar surface area (TPSA) is 26.3 Å². The molecule has 0 unspecified atom stereocenters. The molecule has 0 N–H and O–H groups in total. The largest absolute Gasteiger partial charge is 0.459 e. The number of hydrogen-bond donors (Lipinski definition) is 0. The molecule has 0 aliphatic heterocycles. The van der Waals surface area contributed by atoms with Gasteiger partial charge in [-0.1, -0.05) is 37.6 Å². The molecular weight excluding hydrogens is 286 g/mol. The van der Waals surface area contributed by atoms with Crippen LogP contribution < -0.4 is 0 Å². The molecule has 0 aromatic heterocycles. The van der Waals surface area contributed by atoms with Crippen LogP contribution in [0.25, 0.3) is 0 Å². The molecule has 0 atom stereocenters. The van der Waals surface area contributed by atoms with Crippen LogP contribution in [-0.2, 0) is 16.0 Å². The van der Waals surface area contributed by atoms with E-state index in [2.05, 4.69) is 35.9 Å². The summed E-state index contributed by atoms with van der Waals surface area (Å²) in [4.78, 5) is 11.7. The molecule has 1 aromatic carbocycles. The third-order valence-electron chi connectivity index (χ3n) is 4.40. The molecular formula is C18H24F2O2. The highest BCUT2D eigenvalue weighted by molar-refractivity contribution is 5.72. The van der Waals surface area contributed by atoms with Gasteiger partial charge in [-0.3, -0.25) is 4.79 Å². The number of alkyl halides is 2. The third kappa shape index (κ3) is 4.79. The fraction of sp³-hybridized carbons (Fsp3) is 0.611. The molecule has 0 radical (unpaired) electrons. The van der Waals surface area contributed by atoms with Crippen LogP contribution in [0.5, 0.6) is 0 Å². The Kier molecular flexibility index (Phi) is 6.34. The van der Waals surface area contributed by atoms with Crippen LogP contribution >= 0.6 is 0 Å². The maximum atomic E-state index is 12.1. The highest BCUT2D eigenvalue weighted by Gasteiger charge is 2.28. The minimum Gasteiger partial charge on any atom is -0.459 e. The SMILES string of the molecule is CCCc1ccc(C2CCC(C(=O)OCC(F)F)CC2)cc1. The van der Waals surface area contributed by atoms with Crippen molar-refractivity contribution in [3.8, 4) is 0 Å². The zero-order chi connectivity index (χ0) is 15.9. The summed E-state index contributed by atoms with van der Waals surface area (Å²) >= 11 is 0. The summed E-state index contributed by atoms with van der Waals surface area (Å²) in [6.45, 7) is 1.39. The van der Waals surface area contributed by atoms with Gasteiger partial charge in [-0.15, -0.1) is 0 Å². The zero-order valence-electron chi connectivity index (χ0n) is 13.1. The summed E-state index contributed by atoms with van der Waals surface area (Å²) in [6, 6.07) is 8.74. The van der Waals surface area contributed by atoms with Crippen molar-refractivity contribution >= 4 is 5.97 Å². The number of benzene rings is 1. The summed E-state index contributed by atoms with van der Waals surface area (Å²) < 4.78 is 28.7. The van der Waals surface area contributed by atoms with Crippen molar-refractivity contribution in [2.24, 2.45) is 5.92 Å². The molecule has 1 fully saturated rings. The highest BCUT2D eigenvalue weighted by atomic mass is 19.3. The Morgan fingerprint density at radius 2 is 1.82 bits per heavy atom. The quantitative estimate of drug-likeness (QED) is 0.711. The first kappa shape index (κ1) is 16.9. The van der Waals surface area contributed by atoms with Crippen LogP contribution in [0.3, 0.4) is 0 Å². The number of hydrogen-bond acceptors (Lipinski definition) is 2. The molecule has 0 spiro atoms. The zero-order valence-corrected chi connectivity index (χ0v) is 13.1. The first-order chi connectivity index (χ1) is 10.6. The molecule has 0 bridgehead atoms. The van der Waals surface area contributed by atoms with E-state index in [0.29, 0.717) is 5.92 Å². The van der Waals surface area contributed by atoms with Gasteiger partial charge in [-0.2, -0.15) is 0 Å². The van der Waals surface area contributed by atoms with Gasteiger partial charge in [0.1, 0.15) is 0 Å². The van der Waals surface area contributed by atoms with E-state index >= 15 is 0 Å². The molecule has 22 heavy (non-hydrogen) atoms. The average molecular weight is 310 g/mol. The van der Waals surface area contributed by atoms with Gasteiger partial charge >= 0.3 is 5.97 Å². The standard InChI is InChI=1S/C18H24F2O2/c1-2-3-13-4-6-14(7-5-13)15-8-10-16(11-9-15)18(21)22-12-17(19)20/h4-7,15-17H,2-3,8-12H2,1H3. The highest BCUT2D eigenvalue weighted by Crippen LogP contribution is 2.36. The number of carbonyl (C=O) groups excluding carboxylic acids is 1. The maximum Gasteiger partial charge on any atom is 0.309 e. The van der Waals surface area contributed by atoms with Gasteiger partial charge in [0.05, 0.1) is 5.92 Å². The van der Waals surface area contributed by atoms with E-state index in [4.69, 9.17) is 0 Å². The average Bonchev–Trinajstić information content (AvgIpc) is 2.54. The van der Waals surface area contributed by atoms with Crippen molar-refractivity contribution in [1.29, 1.82) is 0 Å². The Hall–Kier alpha value is -1.45. The fourth-order valence-electron chi connectivity index (χ4n) is 3.17. The van der Waals surface area contributed by atoms with Gasteiger partial charge in [0.2, 0.25) is 0 Å². The van der Waals surface area contributed by atoms with E-state index in [0.717, 1.165) is 38.5 Å². The Morgan fingerprint density at radius 1 is 1.18 bits per heavy atom. The van der Waals surface area contributed by atoms with E-state index in [9.17, 15) is 13.6 Å². The van der Waals surface area contributed by atoms with E-state index in [1.165, 1.54) is 11.1 Å². The van der Waals surface area contributed by atoms with Gasteiger partial charge in [0.15, 0.2) is 6.61 Å². The molecule has 1 aromatic rings. The Balaban J connectivity index is 1.82. The predicted octanol–water partition coefficient (Wildman–Crippen LogP) is 4.72. The van der Waals surface area contributed by atoms with Crippen LogP contribution in [0.15, 0.2) is 24.3 Å².